The summed E-state index contributed by atoms with van der Waals surface area (Å²) in [6.07, 6.45) is 0. The molecule has 94 valence electrons. The fourth-order valence-corrected chi connectivity index (χ4v) is 0.535. The maximum absolute atomic E-state index is 10.9. The van der Waals surface area contributed by atoms with Crippen LogP contribution in [0.25, 0.3) is 0 Å². The van der Waals surface area contributed by atoms with Crippen LogP contribution >= 0.6 is 0 Å². The van der Waals surface area contributed by atoms with Gasteiger partial charge in [-0.2, -0.15) is 0 Å². The number of carbonyl (C=O) groups excluding carboxylic acids is 1. The molecule has 0 radical (unpaired) electrons. The Bertz CT molecular complexity index is 186. The van der Waals surface area contributed by atoms with E-state index in [1.54, 1.807) is 6.92 Å². The zero-order valence-corrected chi connectivity index (χ0v) is 10.9. The average Bonchev–Trinajstić information content (AvgIpc) is 1.84. The predicted molar refractivity (Wildman–Crippen MR) is 62.1 cm³/mol. The number of likely N-dealkylation sites (N-methyl/N-ethyl adjacent to an activating group) is 1. The molecule has 0 aromatic rings. The van der Waals surface area contributed by atoms with E-state index in [0.717, 1.165) is 11.0 Å². The number of carbonyl (C=O) groups is 1. The van der Waals surface area contributed by atoms with Gasteiger partial charge in [0.2, 0.25) is 0 Å². The molecule has 3 nitrogen and oxygen atoms in total. The SMILES string of the molecule is C.C.C=C(C)C(=O)OCC[N+](C)(C)C.[I-]. The van der Waals surface area contributed by atoms with E-state index in [9.17, 15) is 4.79 Å². The lowest BCUT2D eigenvalue weighted by Gasteiger charge is -2.23. The molecule has 0 aliphatic carbocycles. The number of nitrogens with zero attached hydrogens (tertiary/aromatic N) is 1. The summed E-state index contributed by atoms with van der Waals surface area (Å²) in [6, 6.07) is 0. The molecule has 0 saturated heterocycles. The van der Waals surface area contributed by atoms with Crippen molar-refractivity contribution in [3.63, 3.8) is 0 Å². The molecule has 0 unspecified atom stereocenters. The van der Waals surface area contributed by atoms with E-state index in [2.05, 4.69) is 27.7 Å². The van der Waals surface area contributed by atoms with E-state index in [4.69, 9.17) is 4.74 Å². The van der Waals surface area contributed by atoms with E-state index < -0.39 is 0 Å². The Kier molecular flexibility index (Phi) is 16.8. The molecule has 0 aromatic carbocycles. The molecule has 0 spiro atoms. The first-order valence-corrected chi connectivity index (χ1v) is 3.96. The Morgan fingerprint density at radius 1 is 1.27 bits per heavy atom. The highest BCUT2D eigenvalue weighted by Gasteiger charge is 2.09. The van der Waals surface area contributed by atoms with Crippen molar-refractivity contribution < 1.29 is 38.0 Å². The van der Waals surface area contributed by atoms with Crippen LogP contribution in [0.5, 0.6) is 0 Å². The zero-order valence-electron chi connectivity index (χ0n) is 8.76. The van der Waals surface area contributed by atoms with E-state index in [0.29, 0.717) is 12.2 Å². The molecule has 0 aromatic heterocycles. The van der Waals surface area contributed by atoms with E-state index in [1.165, 1.54) is 0 Å². The molecule has 0 aliphatic heterocycles. The highest BCUT2D eigenvalue weighted by molar-refractivity contribution is 5.86. The molecule has 0 heterocycles. The van der Waals surface area contributed by atoms with E-state index >= 15 is 0 Å². The summed E-state index contributed by atoms with van der Waals surface area (Å²) in [7, 11) is 6.15. The van der Waals surface area contributed by atoms with Crippen LogP contribution in [0.4, 0.5) is 0 Å². The smallest absolute Gasteiger partial charge is 0.333 e. The Morgan fingerprint density at radius 2 is 1.67 bits per heavy atom. The largest absolute Gasteiger partial charge is 1.00 e. The summed E-state index contributed by atoms with van der Waals surface area (Å²) in [5.74, 6) is -0.302. The average molecular weight is 331 g/mol. The fourth-order valence-electron chi connectivity index (χ4n) is 0.535. The molecule has 0 saturated carbocycles. The lowest BCUT2D eigenvalue weighted by molar-refractivity contribution is -0.870. The second kappa shape index (κ2) is 10.4. The molecular weight excluding hydrogens is 305 g/mol. The minimum Gasteiger partial charge on any atom is -1.00 e. The van der Waals surface area contributed by atoms with Gasteiger partial charge in [0.1, 0.15) is 13.2 Å². The molecule has 4 heteroatoms. The van der Waals surface area contributed by atoms with Crippen molar-refractivity contribution in [3.8, 4) is 0 Å². The van der Waals surface area contributed by atoms with Crippen molar-refractivity contribution in [1.29, 1.82) is 0 Å². The van der Waals surface area contributed by atoms with Gasteiger partial charge in [0.05, 0.1) is 21.1 Å². The van der Waals surface area contributed by atoms with Crippen molar-refractivity contribution in [2.45, 2.75) is 21.8 Å². The number of quaternary nitrogens is 1. The van der Waals surface area contributed by atoms with Crippen LogP contribution in [0.3, 0.4) is 0 Å². The van der Waals surface area contributed by atoms with Crippen LogP contribution in [-0.4, -0.2) is 44.7 Å². The zero-order chi connectivity index (χ0) is 9.78. The molecule has 15 heavy (non-hydrogen) atoms. The minimum absolute atomic E-state index is 0. The lowest BCUT2D eigenvalue weighted by atomic mass is 10.4. The monoisotopic (exact) mass is 331 g/mol. The fraction of sp³-hybridized carbons (Fsp3) is 0.727. The number of rotatable bonds is 4. The summed E-state index contributed by atoms with van der Waals surface area (Å²) in [6.45, 7) is 6.41. The highest BCUT2D eigenvalue weighted by Crippen LogP contribution is 1.94. The van der Waals surface area contributed by atoms with Crippen LogP contribution in [0.2, 0.25) is 0 Å². The van der Waals surface area contributed by atoms with Gasteiger partial charge in [0, 0.05) is 5.57 Å². The Morgan fingerprint density at radius 3 is 1.93 bits per heavy atom. The summed E-state index contributed by atoms with van der Waals surface area (Å²) >= 11 is 0. The highest BCUT2D eigenvalue weighted by atomic mass is 127. The van der Waals surface area contributed by atoms with Crippen LogP contribution < -0.4 is 24.0 Å². The predicted octanol–water partition coefficient (Wildman–Crippen LogP) is -0.912. The van der Waals surface area contributed by atoms with Crippen LogP contribution in [-0.2, 0) is 9.53 Å². The molecule has 0 fully saturated rings. The van der Waals surface area contributed by atoms with E-state index in [-0.39, 0.29) is 44.8 Å². The van der Waals surface area contributed by atoms with Crippen molar-refractivity contribution in [2.24, 2.45) is 0 Å². The molecular formula is C11H26INO2. The number of hydrogen-bond donors (Lipinski definition) is 0. The maximum atomic E-state index is 10.9. The normalized spacial score (nSPS) is 8.80. The van der Waals surface area contributed by atoms with Gasteiger partial charge in [0.25, 0.3) is 0 Å². The Hall–Kier alpha value is -0.100. The standard InChI is InChI=1S/C9H18NO2.2CH4.HI/c1-8(2)9(11)12-7-6-10(3,4)5;;;/h1,6-7H2,2-5H3;2*1H4;1H/q+1;;;/p-1. The number of hydrogen-bond acceptors (Lipinski definition) is 2. The van der Waals surface area contributed by atoms with Crippen LogP contribution in [0, 0.1) is 0 Å². The number of esters is 1. The van der Waals surface area contributed by atoms with Crippen molar-refractivity contribution in [3.05, 3.63) is 12.2 Å². The quantitative estimate of drug-likeness (QED) is 0.289. The molecule has 0 atom stereocenters. The number of halogens is 1. The van der Waals surface area contributed by atoms with Crippen molar-refractivity contribution in [2.75, 3.05) is 34.3 Å². The lowest BCUT2D eigenvalue weighted by Crippen LogP contribution is -3.00. The maximum Gasteiger partial charge on any atom is 0.333 e. The number of ether oxygens (including phenoxy) is 1. The second-order valence-electron chi connectivity index (χ2n) is 3.93. The van der Waals surface area contributed by atoms with Gasteiger partial charge in [-0.05, 0) is 6.92 Å². The first-order chi connectivity index (χ1) is 5.33. The van der Waals surface area contributed by atoms with Gasteiger partial charge in [-0.1, -0.05) is 21.4 Å². The van der Waals surface area contributed by atoms with Gasteiger partial charge < -0.3 is 33.2 Å². The first kappa shape index (κ1) is 24.2. The molecule has 0 N–H and O–H groups in total. The third-order valence-corrected chi connectivity index (χ3v) is 1.34. The molecule has 0 aliphatic rings. The topological polar surface area (TPSA) is 26.3 Å². The molecule has 0 amide bonds. The summed E-state index contributed by atoms with van der Waals surface area (Å²) in [4.78, 5) is 10.9. The summed E-state index contributed by atoms with van der Waals surface area (Å²) < 4.78 is 5.72. The summed E-state index contributed by atoms with van der Waals surface area (Å²) in [5.41, 5.74) is 0.455. The molecule has 0 bridgehead atoms. The minimum atomic E-state index is -0.302. The third-order valence-electron chi connectivity index (χ3n) is 1.34. The summed E-state index contributed by atoms with van der Waals surface area (Å²) in [5, 5.41) is 0. The van der Waals surface area contributed by atoms with Gasteiger partial charge >= 0.3 is 5.97 Å². The van der Waals surface area contributed by atoms with Crippen molar-refractivity contribution >= 4 is 5.97 Å². The molecule has 0 rings (SSSR count). The van der Waals surface area contributed by atoms with Gasteiger partial charge in [-0.25, -0.2) is 4.79 Å². The van der Waals surface area contributed by atoms with Gasteiger partial charge in [-0.15, -0.1) is 0 Å². The first-order valence-electron chi connectivity index (χ1n) is 3.96. The van der Waals surface area contributed by atoms with Gasteiger partial charge in [0.15, 0.2) is 0 Å². The van der Waals surface area contributed by atoms with Crippen LogP contribution in [0.15, 0.2) is 12.2 Å². The van der Waals surface area contributed by atoms with Gasteiger partial charge in [-0.3, -0.25) is 0 Å². The van der Waals surface area contributed by atoms with Crippen LogP contribution in [0.1, 0.15) is 21.8 Å². The Labute approximate surface area is 112 Å². The Balaban J connectivity index is -0.000000202. The van der Waals surface area contributed by atoms with Crippen molar-refractivity contribution in [1.82, 2.24) is 0 Å². The van der Waals surface area contributed by atoms with E-state index in [1.807, 2.05) is 0 Å². The third kappa shape index (κ3) is 16.6. The second-order valence-corrected chi connectivity index (χ2v) is 3.93.